The highest BCUT2D eigenvalue weighted by molar-refractivity contribution is 5.84. The predicted molar refractivity (Wildman–Crippen MR) is 88.0 cm³/mol. The number of Topliss-reactive ketones (excluding diaryl/α,β-unsaturated/α-hetero) is 1. The third kappa shape index (κ3) is 1.90. The first-order chi connectivity index (χ1) is 11.0. The zero-order chi connectivity index (χ0) is 16.4. The molecular weight excluding hydrogens is 290 g/mol. The third-order valence-corrected chi connectivity index (χ3v) is 6.67. The minimum atomic E-state index is -0.201. The van der Waals surface area contributed by atoms with E-state index in [1.807, 2.05) is 6.07 Å². The molecule has 3 aliphatic rings. The fourth-order valence-electron chi connectivity index (χ4n) is 5.43. The minimum absolute atomic E-state index is 0.136. The molecule has 4 atom stereocenters. The fraction of sp³-hybridized carbons (Fsp3) is 0.632. The summed E-state index contributed by atoms with van der Waals surface area (Å²) in [4.78, 5) is 15.0. The molecule has 2 bridgehead atoms. The van der Waals surface area contributed by atoms with Gasteiger partial charge < -0.3 is 14.7 Å². The smallest absolute Gasteiger partial charge is 0.161 e. The molecule has 1 aromatic rings. The van der Waals surface area contributed by atoms with E-state index in [-0.39, 0.29) is 17.1 Å². The summed E-state index contributed by atoms with van der Waals surface area (Å²) in [5, 5.41) is 10.8. The number of nitrogens with zero attached hydrogens (tertiary/aromatic N) is 1. The largest absolute Gasteiger partial charge is 0.504 e. The van der Waals surface area contributed by atoms with E-state index in [0.29, 0.717) is 29.9 Å². The van der Waals surface area contributed by atoms with Crippen LogP contribution in [0.2, 0.25) is 0 Å². The van der Waals surface area contributed by atoms with Crippen LogP contribution in [-0.2, 0) is 16.6 Å². The van der Waals surface area contributed by atoms with E-state index >= 15 is 0 Å². The van der Waals surface area contributed by atoms with Gasteiger partial charge in [0.2, 0.25) is 0 Å². The molecule has 0 radical (unpaired) electrons. The van der Waals surface area contributed by atoms with E-state index < -0.39 is 0 Å². The number of fused-ring (bicyclic) bond motifs is 1. The normalized spacial score (nSPS) is 36.3. The molecular formula is C19H25NO3. The van der Waals surface area contributed by atoms with Crippen molar-refractivity contribution >= 4 is 5.78 Å². The maximum absolute atomic E-state index is 12.6. The number of methoxy groups -OCH3 is 1. The number of phenols is 1. The standard InChI is InChI=1S/C19H25NO3/c1-11-8-13-14-9-12-4-5-16(23-3)18(22)17(12)19(13,10-15(11)21)6-7-20(14)2/h4-5,11,13-14,22H,6-10H2,1-3H3/t11-,13+,14-,19-/m0/s1. The quantitative estimate of drug-likeness (QED) is 0.865. The Morgan fingerprint density at radius 2 is 2.17 bits per heavy atom. The molecule has 4 rings (SSSR count). The lowest BCUT2D eigenvalue weighted by molar-refractivity contribution is -0.132. The van der Waals surface area contributed by atoms with Gasteiger partial charge in [-0.15, -0.1) is 0 Å². The molecule has 1 saturated carbocycles. The number of phenolic OH excluding ortho intramolecular Hbond substituents is 1. The number of benzene rings is 1. The Bertz CT molecular complexity index is 671. The van der Waals surface area contributed by atoms with Crippen molar-refractivity contribution in [3.63, 3.8) is 0 Å². The summed E-state index contributed by atoms with van der Waals surface area (Å²) in [5.74, 6) is 1.72. The molecule has 23 heavy (non-hydrogen) atoms. The number of rotatable bonds is 1. The van der Waals surface area contributed by atoms with Gasteiger partial charge in [0.05, 0.1) is 7.11 Å². The average Bonchev–Trinajstić information content (AvgIpc) is 2.52. The van der Waals surface area contributed by atoms with Crippen LogP contribution in [0.5, 0.6) is 11.5 Å². The number of ether oxygens (including phenoxy) is 1. The number of carbonyl (C=O) groups is 1. The molecule has 0 spiro atoms. The molecule has 1 heterocycles. The van der Waals surface area contributed by atoms with Crippen LogP contribution < -0.4 is 4.74 Å². The number of likely N-dealkylation sites (tertiary alicyclic amines) is 1. The van der Waals surface area contributed by atoms with Crippen molar-refractivity contribution in [3.05, 3.63) is 23.3 Å². The van der Waals surface area contributed by atoms with Crippen molar-refractivity contribution in [1.82, 2.24) is 4.90 Å². The molecule has 4 nitrogen and oxygen atoms in total. The van der Waals surface area contributed by atoms with Gasteiger partial charge in [-0.1, -0.05) is 13.0 Å². The Hall–Kier alpha value is -1.55. The van der Waals surface area contributed by atoms with Crippen LogP contribution in [0, 0.1) is 11.8 Å². The van der Waals surface area contributed by atoms with Crippen LogP contribution in [0.4, 0.5) is 0 Å². The second-order valence-corrected chi connectivity index (χ2v) is 7.70. The SMILES string of the molecule is COc1ccc2c(c1O)[C@]13CCN(C)[C@@H](C2)[C@H]1C[C@H](C)C(=O)C3. The number of carbonyl (C=O) groups excluding carboxylic acids is 1. The first-order valence-electron chi connectivity index (χ1n) is 8.60. The van der Waals surface area contributed by atoms with E-state index in [2.05, 4.69) is 24.9 Å². The predicted octanol–water partition coefficient (Wildman–Crippen LogP) is 2.51. The molecule has 2 aliphatic carbocycles. The lowest BCUT2D eigenvalue weighted by Gasteiger charge is -2.58. The van der Waals surface area contributed by atoms with E-state index in [0.717, 1.165) is 31.4 Å². The molecule has 0 amide bonds. The minimum Gasteiger partial charge on any atom is -0.504 e. The Balaban J connectivity index is 1.94. The number of aromatic hydroxyl groups is 1. The second-order valence-electron chi connectivity index (χ2n) is 7.70. The molecule has 0 unspecified atom stereocenters. The average molecular weight is 315 g/mol. The summed E-state index contributed by atoms with van der Waals surface area (Å²) < 4.78 is 5.35. The molecule has 4 heteroatoms. The molecule has 1 aromatic carbocycles. The highest BCUT2D eigenvalue weighted by Gasteiger charge is 2.57. The number of hydrogen-bond donors (Lipinski definition) is 1. The summed E-state index contributed by atoms with van der Waals surface area (Å²) in [6.07, 6.45) is 3.40. The lowest BCUT2D eigenvalue weighted by Crippen LogP contribution is -2.62. The van der Waals surface area contributed by atoms with Gasteiger partial charge in [-0.25, -0.2) is 0 Å². The van der Waals surface area contributed by atoms with Gasteiger partial charge in [0, 0.05) is 29.4 Å². The number of piperidine rings is 1. The van der Waals surface area contributed by atoms with E-state index in [1.165, 1.54) is 5.56 Å². The van der Waals surface area contributed by atoms with Crippen LogP contribution in [0.3, 0.4) is 0 Å². The van der Waals surface area contributed by atoms with Crippen molar-refractivity contribution in [2.24, 2.45) is 11.8 Å². The van der Waals surface area contributed by atoms with E-state index in [1.54, 1.807) is 7.11 Å². The van der Waals surface area contributed by atoms with Gasteiger partial charge in [-0.05, 0) is 50.4 Å². The number of likely N-dealkylation sites (N-methyl/N-ethyl adjacent to an activating group) is 1. The van der Waals surface area contributed by atoms with Crippen molar-refractivity contribution in [1.29, 1.82) is 0 Å². The molecule has 2 fully saturated rings. The highest BCUT2D eigenvalue weighted by Crippen LogP contribution is 2.58. The van der Waals surface area contributed by atoms with E-state index in [4.69, 9.17) is 4.74 Å². The summed E-state index contributed by atoms with van der Waals surface area (Å²) in [6.45, 7) is 3.05. The van der Waals surface area contributed by atoms with Gasteiger partial charge >= 0.3 is 0 Å². The maximum Gasteiger partial charge on any atom is 0.161 e. The zero-order valence-electron chi connectivity index (χ0n) is 14.1. The maximum atomic E-state index is 12.6. The Morgan fingerprint density at radius 1 is 1.39 bits per heavy atom. The molecule has 0 aromatic heterocycles. The van der Waals surface area contributed by atoms with Crippen molar-refractivity contribution in [2.45, 2.75) is 44.1 Å². The van der Waals surface area contributed by atoms with Crippen LogP contribution in [-0.4, -0.2) is 42.5 Å². The van der Waals surface area contributed by atoms with Crippen molar-refractivity contribution < 1.29 is 14.6 Å². The first-order valence-corrected chi connectivity index (χ1v) is 8.60. The Kier molecular flexibility index (Phi) is 3.24. The van der Waals surface area contributed by atoms with Crippen LogP contribution in [0.25, 0.3) is 0 Å². The van der Waals surface area contributed by atoms with Gasteiger partial charge in [-0.3, -0.25) is 4.79 Å². The Labute approximate surface area is 137 Å². The molecule has 1 N–H and O–H groups in total. The molecule has 124 valence electrons. The second kappa shape index (κ2) is 4.97. The topological polar surface area (TPSA) is 49.8 Å². The number of ketones is 1. The molecule has 1 saturated heterocycles. The number of hydrogen-bond acceptors (Lipinski definition) is 4. The third-order valence-electron chi connectivity index (χ3n) is 6.67. The Morgan fingerprint density at radius 3 is 2.91 bits per heavy atom. The zero-order valence-corrected chi connectivity index (χ0v) is 14.1. The summed E-state index contributed by atoms with van der Waals surface area (Å²) in [6, 6.07) is 4.41. The van der Waals surface area contributed by atoms with Crippen LogP contribution in [0.1, 0.15) is 37.3 Å². The summed E-state index contributed by atoms with van der Waals surface area (Å²) in [5.41, 5.74) is 2.00. The van der Waals surface area contributed by atoms with Crippen molar-refractivity contribution in [2.75, 3.05) is 20.7 Å². The monoisotopic (exact) mass is 315 g/mol. The lowest BCUT2D eigenvalue weighted by atomic mass is 9.50. The van der Waals surface area contributed by atoms with Gasteiger partial charge in [-0.2, -0.15) is 0 Å². The highest BCUT2D eigenvalue weighted by atomic mass is 16.5. The fourth-order valence-corrected chi connectivity index (χ4v) is 5.43. The van der Waals surface area contributed by atoms with Gasteiger partial charge in [0.1, 0.15) is 5.78 Å². The van der Waals surface area contributed by atoms with Crippen LogP contribution >= 0.6 is 0 Å². The van der Waals surface area contributed by atoms with E-state index in [9.17, 15) is 9.90 Å². The summed E-state index contributed by atoms with van der Waals surface area (Å²) in [7, 11) is 3.79. The summed E-state index contributed by atoms with van der Waals surface area (Å²) >= 11 is 0. The van der Waals surface area contributed by atoms with Gasteiger partial charge in [0.15, 0.2) is 11.5 Å². The van der Waals surface area contributed by atoms with Gasteiger partial charge in [0.25, 0.3) is 0 Å². The molecule has 1 aliphatic heterocycles. The van der Waals surface area contributed by atoms with Crippen molar-refractivity contribution in [3.8, 4) is 11.5 Å². The first kappa shape index (κ1) is 15.0. The van der Waals surface area contributed by atoms with Crippen LogP contribution in [0.15, 0.2) is 12.1 Å².